The Balaban J connectivity index is 1.99. The molecule has 168 valence electrons. The summed E-state index contributed by atoms with van der Waals surface area (Å²) < 4.78 is 45.1. The van der Waals surface area contributed by atoms with E-state index in [9.17, 15) is 18.0 Å². The van der Waals surface area contributed by atoms with Crippen LogP contribution in [0.3, 0.4) is 0 Å². The van der Waals surface area contributed by atoms with Crippen molar-refractivity contribution in [2.75, 3.05) is 0 Å². The van der Waals surface area contributed by atoms with E-state index in [1.807, 2.05) is 30.3 Å². The molecular weight excluding hydrogens is 453 g/mol. The van der Waals surface area contributed by atoms with Crippen LogP contribution < -0.4 is 5.19 Å². The Kier molecular flexibility index (Phi) is 7.15. The standard InChI is InChI=1S/C25H24ClF3O2Si/c1-17(31-24(30)19-8-7-9-21(26)16-19)23(32(2,3)22-10-5-4-6-11-22)18-12-14-20(15-13-18)25(27,28)29/h4-17,23H,1-3H3. The number of rotatable bonds is 6. The van der Waals surface area contributed by atoms with Crippen LogP contribution in [-0.4, -0.2) is 20.1 Å². The maximum absolute atomic E-state index is 13.1. The zero-order valence-corrected chi connectivity index (χ0v) is 19.7. The van der Waals surface area contributed by atoms with Crippen molar-refractivity contribution < 1.29 is 22.7 Å². The number of halogens is 4. The predicted octanol–water partition coefficient (Wildman–Crippen LogP) is 6.84. The molecule has 2 atom stereocenters. The van der Waals surface area contributed by atoms with Crippen LogP contribution in [0.2, 0.25) is 18.1 Å². The van der Waals surface area contributed by atoms with Crippen LogP contribution in [0.25, 0.3) is 0 Å². The number of hydrogen-bond donors (Lipinski definition) is 0. The molecule has 2 nitrogen and oxygen atoms in total. The van der Waals surface area contributed by atoms with Gasteiger partial charge in [-0.25, -0.2) is 4.79 Å². The van der Waals surface area contributed by atoms with Gasteiger partial charge in [-0.05, 0) is 42.8 Å². The largest absolute Gasteiger partial charge is 0.459 e. The highest BCUT2D eigenvalue weighted by Crippen LogP contribution is 2.35. The van der Waals surface area contributed by atoms with Gasteiger partial charge in [0, 0.05) is 10.6 Å². The Morgan fingerprint density at radius 2 is 1.56 bits per heavy atom. The fourth-order valence-corrected chi connectivity index (χ4v) is 7.99. The highest BCUT2D eigenvalue weighted by Gasteiger charge is 2.40. The van der Waals surface area contributed by atoms with Crippen molar-refractivity contribution in [3.63, 3.8) is 0 Å². The van der Waals surface area contributed by atoms with E-state index in [1.54, 1.807) is 25.1 Å². The minimum Gasteiger partial charge on any atom is -0.459 e. The third-order valence-electron chi connectivity index (χ3n) is 5.72. The summed E-state index contributed by atoms with van der Waals surface area (Å²) >= 11 is 6.00. The Morgan fingerprint density at radius 1 is 0.938 bits per heavy atom. The molecule has 0 saturated carbocycles. The number of carbonyl (C=O) groups is 1. The maximum Gasteiger partial charge on any atom is 0.416 e. The van der Waals surface area contributed by atoms with Crippen molar-refractivity contribution in [2.45, 2.75) is 37.8 Å². The lowest BCUT2D eigenvalue weighted by atomic mass is 10.1. The molecule has 0 N–H and O–H groups in total. The van der Waals surface area contributed by atoms with Gasteiger partial charge in [0.15, 0.2) is 0 Å². The molecular formula is C25H24ClF3O2Si. The van der Waals surface area contributed by atoms with Gasteiger partial charge in [0.05, 0.1) is 19.2 Å². The van der Waals surface area contributed by atoms with Crippen LogP contribution in [0.15, 0.2) is 78.9 Å². The van der Waals surface area contributed by atoms with Crippen molar-refractivity contribution in [3.8, 4) is 0 Å². The van der Waals surface area contributed by atoms with E-state index in [-0.39, 0.29) is 5.54 Å². The molecule has 7 heteroatoms. The van der Waals surface area contributed by atoms with Crippen molar-refractivity contribution in [3.05, 3.63) is 101 Å². The Hall–Kier alpha value is -2.57. The third kappa shape index (κ3) is 5.42. The molecule has 0 aliphatic rings. The van der Waals surface area contributed by atoms with E-state index >= 15 is 0 Å². The van der Waals surface area contributed by atoms with E-state index in [1.165, 1.54) is 18.2 Å². The highest BCUT2D eigenvalue weighted by molar-refractivity contribution is 6.91. The van der Waals surface area contributed by atoms with Gasteiger partial charge in [-0.15, -0.1) is 0 Å². The van der Waals surface area contributed by atoms with Gasteiger partial charge in [-0.1, -0.05) is 78.4 Å². The van der Waals surface area contributed by atoms with Gasteiger partial charge < -0.3 is 4.74 Å². The first-order valence-corrected chi connectivity index (χ1v) is 13.6. The molecule has 0 amide bonds. The van der Waals surface area contributed by atoms with Crippen molar-refractivity contribution in [1.82, 2.24) is 0 Å². The quantitative estimate of drug-likeness (QED) is 0.287. The van der Waals surface area contributed by atoms with Gasteiger partial charge in [-0.2, -0.15) is 13.2 Å². The molecule has 0 aliphatic carbocycles. The lowest BCUT2D eigenvalue weighted by molar-refractivity contribution is -0.137. The molecule has 0 bridgehead atoms. The minimum absolute atomic E-state index is 0.268. The average molecular weight is 477 g/mol. The van der Waals surface area contributed by atoms with Crippen LogP contribution >= 0.6 is 11.6 Å². The number of hydrogen-bond acceptors (Lipinski definition) is 2. The first-order chi connectivity index (χ1) is 15.0. The van der Waals surface area contributed by atoms with Gasteiger partial charge in [0.25, 0.3) is 0 Å². The normalized spacial score (nSPS) is 14.0. The molecule has 0 spiro atoms. The zero-order valence-electron chi connectivity index (χ0n) is 18.0. The van der Waals surface area contributed by atoms with Crippen LogP contribution in [-0.2, 0) is 10.9 Å². The molecule has 0 saturated heterocycles. The predicted molar refractivity (Wildman–Crippen MR) is 124 cm³/mol. The van der Waals surface area contributed by atoms with E-state index in [0.29, 0.717) is 16.1 Å². The third-order valence-corrected chi connectivity index (χ3v) is 10.1. The number of alkyl halides is 3. The van der Waals surface area contributed by atoms with Gasteiger partial charge >= 0.3 is 12.1 Å². The van der Waals surface area contributed by atoms with E-state index in [2.05, 4.69) is 13.1 Å². The molecule has 3 aromatic carbocycles. The summed E-state index contributed by atoms with van der Waals surface area (Å²) in [4.78, 5) is 12.8. The van der Waals surface area contributed by atoms with Crippen LogP contribution in [0.1, 0.15) is 33.9 Å². The average Bonchev–Trinajstić information content (AvgIpc) is 2.74. The first kappa shape index (κ1) is 24.1. The van der Waals surface area contributed by atoms with Crippen LogP contribution in [0.4, 0.5) is 13.2 Å². The SMILES string of the molecule is CC(OC(=O)c1cccc(Cl)c1)C(c1ccc(C(F)(F)F)cc1)[Si](C)(C)c1ccccc1. The second-order valence-corrected chi connectivity index (χ2v) is 13.4. The summed E-state index contributed by atoms with van der Waals surface area (Å²) in [6.45, 7) is 6.06. The molecule has 0 aliphatic heterocycles. The Bertz CT molecular complexity index is 1070. The summed E-state index contributed by atoms with van der Waals surface area (Å²) in [5.41, 5.74) is 0.0673. The molecule has 3 aromatic rings. The lowest BCUT2D eigenvalue weighted by Gasteiger charge is -2.37. The summed E-state index contributed by atoms with van der Waals surface area (Å²) in [5, 5.41) is 1.54. The van der Waals surface area contributed by atoms with Crippen LogP contribution in [0, 0.1) is 0 Å². The number of ether oxygens (including phenoxy) is 1. The molecule has 3 rings (SSSR count). The smallest absolute Gasteiger partial charge is 0.416 e. The fraction of sp³-hybridized carbons (Fsp3) is 0.240. The number of benzene rings is 3. The summed E-state index contributed by atoms with van der Waals surface area (Å²) in [6.07, 6.45) is -4.98. The molecule has 0 aromatic heterocycles. The second kappa shape index (κ2) is 9.51. The van der Waals surface area contributed by atoms with Gasteiger partial charge in [-0.3, -0.25) is 0 Å². The number of carbonyl (C=O) groups excluding carboxylic acids is 1. The second-order valence-electron chi connectivity index (χ2n) is 8.31. The van der Waals surface area contributed by atoms with E-state index in [4.69, 9.17) is 16.3 Å². The molecule has 0 radical (unpaired) electrons. The van der Waals surface area contributed by atoms with E-state index < -0.39 is 31.9 Å². The Morgan fingerprint density at radius 3 is 2.12 bits per heavy atom. The molecule has 0 fully saturated rings. The molecule has 2 unspecified atom stereocenters. The number of esters is 1. The minimum atomic E-state index is -4.41. The monoisotopic (exact) mass is 476 g/mol. The first-order valence-electron chi connectivity index (χ1n) is 10.2. The summed E-state index contributed by atoms with van der Waals surface area (Å²) in [5.74, 6) is -0.519. The maximum atomic E-state index is 13.1. The summed E-state index contributed by atoms with van der Waals surface area (Å²) in [6, 6.07) is 21.5. The Labute approximate surface area is 192 Å². The fourth-order valence-electron chi connectivity index (χ4n) is 4.12. The van der Waals surface area contributed by atoms with Crippen LogP contribution in [0.5, 0.6) is 0 Å². The van der Waals surface area contributed by atoms with Crippen molar-refractivity contribution >= 4 is 30.8 Å². The zero-order chi connectivity index (χ0) is 23.5. The van der Waals surface area contributed by atoms with E-state index in [0.717, 1.165) is 17.3 Å². The van der Waals surface area contributed by atoms with Gasteiger partial charge in [0.2, 0.25) is 0 Å². The molecule has 32 heavy (non-hydrogen) atoms. The summed E-state index contributed by atoms with van der Waals surface area (Å²) in [7, 11) is -2.34. The van der Waals surface area contributed by atoms with Crippen molar-refractivity contribution in [2.24, 2.45) is 0 Å². The molecule has 0 heterocycles. The van der Waals surface area contributed by atoms with Crippen molar-refractivity contribution in [1.29, 1.82) is 0 Å². The van der Waals surface area contributed by atoms with Gasteiger partial charge in [0.1, 0.15) is 6.10 Å². The topological polar surface area (TPSA) is 26.3 Å². The highest BCUT2D eigenvalue weighted by atomic mass is 35.5. The lowest BCUT2D eigenvalue weighted by Crippen LogP contribution is -2.52.